The Balaban J connectivity index is 1.21. The fraction of sp³-hybridized carbons (Fsp3) is 0.368. The maximum atomic E-state index is 12.4. The highest BCUT2D eigenvalue weighted by Gasteiger charge is 2.45. The predicted octanol–water partition coefficient (Wildman–Crippen LogP) is 1.33. The van der Waals surface area contributed by atoms with Crippen LogP contribution in [0.25, 0.3) is 5.65 Å². The highest BCUT2D eigenvalue weighted by molar-refractivity contribution is 5.92. The normalized spacial score (nSPS) is 21.9. The molecule has 3 aliphatic heterocycles. The molecule has 2 bridgehead atoms. The lowest BCUT2D eigenvalue weighted by molar-refractivity contribution is -0.121. The van der Waals surface area contributed by atoms with E-state index in [0.29, 0.717) is 18.6 Å². The number of anilines is 2. The van der Waals surface area contributed by atoms with Gasteiger partial charge in [-0.25, -0.2) is 0 Å². The van der Waals surface area contributed by atoms with Crippen molar-refractivity contribution in [2.45, 2.75) is 25.4 Å². The van der Waals surface area contributed by atoms with Crippen LogP contribution >= 0.6 is 0 Å². The maximum absolute atomic E-state index is 12.4. The first-order chi connectivity index (χ1) is 13.2. The fourth-order valence-electron chi connectivity index (χ4n) is 4.02. The zero-order chi connectivity index (χ0) is 18.4. The minimum atomic E-state index is 0.0473. The van der Waals surface area contributed by atoms with Gasteiger partial charge in [-0.1, -0.05) is 17.7 Å². The highest BCUT2D eigenvalue weighted by Crippen LogP contribution is 2.33. The molecule has 0 radical (unpaired) electrons. The van der Waals surface area contributed by atoms with Gasteiger partial charge < -0.3 is 10.2 Å². The molecule has 1 N–H and O–H groups in total. The lowest BCUT2D eigenvalue weighted by atomic mass is 9.87. The molecule has 1 aromatic carbocycles. The molecule has 0 aliphatic carbocycles. The third-order valence-electron chi connectivity index (χ3n) is 5.48. The van der Waals surface area contributed by atoms with E-state index in [1.165, 1.54) is 5.56 Å². The van der Waals surface area contributed by atoms with E-state index in [2.05, 4.69) is 30.4 Å². The van der Waals surface area contributed by atoms with Crippen molar-refractivity contribution >= 4 is 23.1 Å². The quantitative estimate of drug-likeness (QED) is 0.754. The Kier molecular flexibility index (Phi) is 3.78. The molecule has 3 fully saturated rings. The van der Waals surface area contributed by atoms with Gasteiger partial charge in [0, 0.05) is 30.9 Å². The molecule has 3 saturated heterocycles. The fourth-order valence-corrected chi connectivity index (χ4v) is 4.02. The minimum absolute atomic E-state index is 0.0473. The molecule has 5 heterocycles. The zero-order valence-corrected chi connectivity index (χ0v) is 15.1. The number of carbonyl (C=O) groups is 1. The summed E-state index contributed by atoms with van der Waals surface area (Å²) in [5.41, 5.74) is 2.78. The smallest absolute Gasteiger partial charge is 0.238 e. The van der Waals surface area contributed by atoms with Gasteiger partial charge >= 0.3 is 0 Å². The van der Waals surface area contributed by atoms with Crippen LogP contribution in [0.2, 0.25) is 0 Å². The number of fused-ring (bicyclic) bond motifs is 3. The van der Waals surface area contributed by atoms with E-state index in [1.54, 1.807) is 10.8 Å². The summed E-state index contributed by atoms with van der Waals surface area (Å²) < 4.78 is 1.70. The Hall–Kier alpha value is -3.00. The van der Waals surface area contributed by atoms with E-state index in [9.17, 15) is 4.79 Å². The van der Waals surface area contributed by atoms with Gasteiger partial charge in [0.2, 0.25) is 5.91 Å². The summed E-state index contributed by atoms with van der Waals surface area (Å²) in [7, 11) is 0. The standard InChI is InChI=1S/C19H21N7O/c1-13-2-4-14(5-3-13)21-19(27)11-25-15-8-16(25)10-24(9-15)18-7-6-17-22-20-12-26(17)23-18/h2-7,12,15-16H,8-11H2,1H3,(H,21,27). The Labute approximate surface area is 156 Å². The van der Waals surface area contributed by atoms with Gasteiger partial charge in [0.25, 0.3) is 0 Å². The van der Waals surface area contributed by atoms with Crippen LogP contribution in [0.1, 0.15) is 12.0 Å². The third kappa shape index (κ3) is 3.02. The number of piperazine rings is 1. The molecule has 0 spiro atoms. The average Bonchev–Trinajstić information content (AvgIpc) is 3.16. The SMILES string of the molecule is Cc1ccc(NC(=O)CN2C3CC2CN(c2ccc4nncn4n2)C3)cc1. The zero-order valence-electron chi connectivity index (χ0n) is 15.1. The van der Waals surface area contributed by atoms with Crippen LogP contribution in [-0.2, 0) is 4.79 Å². The molecule has 8 heteroatoms. The number of carbonyl (C=O) groups excluding carboxylic acids is 1. The van der Waals surface area contributed by atoms with Crippen LogP contribution in [-0.4, -0.2) is 62.3 Å². The molecule has 138 valence electrons. The van der Waals surface area contributed by atoms with Crippen molar-refractivity contribution in [1.29, 1.82) is 0 Å². The van der Waals surface area contributed by atoms with Crippen molar-refractivity contribution in [2.75, 3.05) is 29.9 Å². The summed E-state index contributed by atoms with van der Waals surface area (Å²) in [6.07, 6.45) is 2.76. The second kappa shape index (κ2) is 6.31. The van der Waals surface area contributed by atoms with E-state index < -0.39 is 0 Å². The summed E-state index contributed by atoms with van der Waals surface area (Å²) >= 11 is 0. The minimum Gasteiger partial charge on any atom is -0.352 e. The number of nitrogens with one attached hydrogen (secondary N) is 1. The molecule has 1 amide bonds. The first-order valence-corrected chi connectivity index (χ1v) is 9.20. The van der Waals surface area contributed by atoms with Crippen molar-refractivity contribution in [3.05, 3.63) is 48.3 Å². The molecule has 8 nitrogen and oxygen atoms in total. The van der Waals surface area contributed by atoms with Gasteiger partial charge in [-0.2, -0.15) is 4.52 Å². The maximum Gasteiger partial charge on any atom is 0.238 e. The Morgan fingerprint density at radius 3 is 2.70 bits per heavy atom. The lowest BCUT2D eigenvalue weighted by Crippen LogP contribution is -2.69. The molecule has 2 atom stereocenters. The molecule has 0 saturated carbocycles. The van der Waals surface area contributed by atoms with Gasteiger partial charge in [-0.15, -0.1) is 15.3 Å². The number of benzene rings is 1. The lowest BCUT2D eigenvalue weighted by Gasteiger charge is -2.56. The number of hydrogen-bond acceptors (Lipinski definition) is 6. The number of hydrogen-bond donors (Lipinski definition) is 1. The number of nitrogens with zero attached hydrogens (tertiary/aromatic N) is 6. The summed E-state index contributed by atoms with van der Waals surface area (Å²) in [6, 6.07) is 12.6. The van der Waals surface area contributed by atoms with Crippen LogP contribution < -0.4 is 10.2 Å². The molecule has 2 aromatic heterocycles. The monoisotopic (exact) mass is 363 g/mol. The molecule has 3 aromatic rings. The summed E-state index contributed by atoms with van der Waals surface area (Å²) in [4.78, 5) is 17.0. The molecule has 3 aliphatic rings. The molecule has 2 unspecified atom stereocenters. The highest BCUT2D eigenvalue weighted by atomic mass is 16.2. The van der Waals surface area contributed by atoms with Crippen molar-refractivity contribution in [3.63, 3.8) is 0 Å². The van der Waals surface area contributed by atoms with Crippen LogP contribution in [0.3, 0.4) is 0 Å². The van der Waals surface area contributed by atoms with E-state index >= 15 is 0 Å². The van der Waals surface area contributed by atoms with Crippen LogP contribution in [0, 0.1) is 6.92 Å². The van der Waals surface area contributed by atoms with Crippen molar-refractivity contribution < 1.29 is 4.79 Å². The summed E-state index contributed by atoms with van der Waals surface area (Å²) in [6.45, 7) is 4.24. The Bertz CT molecular complexity index is 971. The van der Waals surface area contributed by atoms with E-state index in [0.717, 1.165) is 36.7 Å². The van der Waals surface area contributed by atoms with E-state index in [4.69, 9.17) is 0 Å². The van der Waals surface area contributed by atoms with E-state index in [-0.39, 0.29) is 5.91 Å². The number of rotatable bonds is 4. The van der Waals surface area contributed by atoms with Crippen molar-refractivity contribution in [1.82, 2.24) is 24.7 Å². The molecular formula is C19H21N7O. The van der Waals surface area contributed by atoms with Gasteiger partial charge in [0.05, 0.1) is 6.54 Å². The van der Waals surface area contributed by atoms with Crippen LogP contribution in [0.5, 0.6) is 0 Å². The first-order valence-electron chi connectivity index (χ1n) is 9.20. The number of amides is 1. The van der Waals surface area contributed by atoms with Crippen LogP contribution in [0.4, 0.5) is 11.5 Å². The van der Waals surface area contributed by atoms with Crippen LogP contribution in [0.15, 0.2) is 42.7 Å². The second-order valence-corrected chi connectivity index (χ2v) is 7.36. The first kappa shape index (κ1) is 16.2. The summed E-state index contributed by atoms with van der Waals surface area (Å²) in [5, 5.41) is 15.4. The molecular weight excluding hydrogens is 342 g/mol. The van der Waals surface area contributed by atoms with Gasteiger partial charge in [0.15, 0.2) is 5.65 Å². The van der Waals surface area contributed by atoms with Gasteiger partial charge in [0.1, 0.15) is 12.1 Å². The third-order valence-corrected chi connectivity index (χ3v) is 5.48. The average molecular weight is 363 g/mol. The van der Waals surface area contributed by atoms with E-state index in [1.807, 2.05) is 43.3 Å². The largest absolute Gasteiger partial charge is 0.352 e. The molecule has 6 rings (SSSR count). The predicted molar refractivity (Wildman–Crippen MR) is 102 cm³/mol. The van der Waals surface area contributed by atoms with Crippen molar-refractivity contribution in [2.24, 2.45) is 0 Å². The van der Waals surface area contributed by atoms with Gasteiger partial charge in [-0.3, -0.25) is 9.69 Å². The Morgan fingerprint density at radius 1 is 1.15 bits per heavy atom. The number of aryl methyl sites for hydroxylation is 1. The van der Waals surface area contributed by atoms with Crippen molar-refractivity contribution in [3.8, 4) is 0 Å². The number of piperidine rings is 1. The number of aromatic nitrogens is 4. The Morgan fingerprint density at radius 2 is 1.93 bits per heavy atom. The molecule has 27 heavy (non-hydrogen) atoms. The topological polar surface area (TPSA) is 78.7 Å². The van der Waals surface area contributed by atoms with Gasteiger partial charge in [-0.05, 0) is 37.6 Å². The summed E-state index contributed by atoms with van der Waals surface area (Å²) in [5.74, 6) is 0.979. The second-order valence-electron chi connectivity index (χ2n) is 7.36.